The van der Waals surface area contributed by atoms with Crippen molar-refractivity contribution in [1.29, 1.82) is 0 Å². The molecule has 3 nitrogen and oxygen atoms in total. The predicted molar refractivity (Wildman–Crippen MR) is 157 cm³/mol. The van der Waals surface area contributed by atoms with Crippen molar-refractivity contribution in [3.05, 3.63) is 119 Å². The van der Waals surface area contributed by atoms with E-state index in [0.717, 1.165) is 31.1 Å². The maximum absolute atomic E-state index is 5.99. The lowest BCUT2D eigenvalue weighted by Crippen LogP contribution is -2.21. The van der Waals surface area contributed by atoms with E-state index in [-0.39, 0.29) is 6.04 Å². The molecule has 7 rings (SSSR count). The van der Waals surface area contributed by atoms with Crippen LogP contribution in [-0.4, -0.2) is 23.4 Å². The molecule has 38 heavy (non-hydrogen) atoms. The summed E-state index contributed by atoms with van der Waals surface area (Å²) in [7, 11) is 0. The Bertz CT molecular complexity index is 1610. The van der Waals surface area contributed by atoms with Crippen LogP contribution in [0.2, 0.25) is 0 Å². The molecule has 0 bridgehead atoms. The van der Waals surface area contributed by atoms with Gasteiger partial charge in [0.1, 0.15) is 6.61 Å². The zero-order valence-corrected chi connectivity index (χ0v) is 22.0. The second-order valence-electron chi connectivity index (χ2n) is 11.0. The molecule has 0 aromatic heterocycles. The van der Waals surface area contributed by atoms with Gasteiger partial charge in [0.25, 0.3) is 0 Å². The predicted octanol–water partition coefficient (Wildman–Crippen LogP) is 7.98. The molecule has 3 heteroatoms. The highest BCUT2D eigenvalue weighted by molar-refractivity contribution is 6.08. The molecule has 0 spiro atoms. The van der Waals surface area contributed by atoms with Gasteiger partial charge in [-0.2, -0.15) is 0 Å². The zero-order chi connectivity index (χ0) is 25.6. The topological polar surface area (TPSA) is 24.8 Å². The van der Waals surface area contributed by atoms with Crippen molar-refractivity contribution in [2.24, 2.45) is 10.9 Å². The van der Waals surface area contributed by atoms with Crippen molar-refractivity contribution in [1.82, 2.24) is 4.90 Å². The van der Waals surface area contributed by atoms with Gasteiger partial charge in [-0.05, 0) is 67.4 Å². The highest BCUT2D eigenvalue weighted by atomic mass is 16.5. The maximum Gasteiger partial charge on any atom is 0.216 e. The Kier molecular flexibility index (Phi) is 5.74. The lowest BCUT2D eigenvalue weighted by atomic mass is 9.88. The van der Waals surface area contributed by atoms with Crippen molar-refractivity contribution in [3.63, 3.8) is 0 Å². The van der Waals surface area contributed by atoms with Crippen molar-refractivity contribution in [3.8, 4) is 11.1 Å². The number of hydrogen-bond acceptors (Lipinski definition) is 3. The molecule has 0 saturated carbocycles. The first-order valence-corrected chi connectivity index (χ1v) is 13.7. The monoisotopic (exact) mass is 496 g/mol. The molecule has 2 aliphatic rings. The van der Waals surface area contributed by atoms with Crippen molar-refractivity contribution in [2.75, 3.05) is 6.61 Å². The number of ether oxygens (including phenoxy) is 1. The minimum Gasteiger partial charge on any atom is -0.475 e. The second kappa shape index (κ2) is 9.41. The van der Waals surface area contributed by atoms with Gasteiger partial charge in [0.15, 0.2) is 0 Å². The summed E-state index contributed by atoms with van der Waals surface area (Å²) in [5, 5.41) is 5.26. The van der Waals surface area contributed by atoms with E-state index < -0.39 is 0 Å². The summed E-state index contributed by atoms with van der Waals surface area (Å²) >= 11 is 0. The highest BCUT2D eigenvalue weighted by Gasteiger charge is 2.25. The molecule has 188 valence electrons. The molecule has 5 aromatic carbocycles. The molecule has 0 aliphatic carbocycles. The third kappa shape index (κ3) is 4.08. The van der Waals surface area contributed by atoms with Gasteiger partial charge >= 0.3 is 0 Å². The molecular formula is C35H32N2O. The van der Waals surface area contributed by atoms with Gasteiger partial charge in [0, 0.05) is 25.2 Å². The molecule has 0 amide bonds. The van der Waals surface area contributed by atoms with Crippen LogP contribution in [0.4, 0.5) is 0 Å². The summed E-state index contributed by atoms with van der Waals surface area (Å²) < 4.78 is 5.99. The molecule has 0 fully saturated rings. The number of rotatable bonds is 4. The van der Waals surface area contributed by atoms with Crippen LogP contribution in [0.25, 0.3) is 32.7 Å². The van der Waals surface area contributed by atoms with Crippen molar-refractivity contribution >= 4 is 27.4 Å². The fraction of sp³-hybridized carbons (Fsp3) is 0.229. The second-order valence-corrected chi connectivity index (χ2v) is 11.0. The van der Waals surface area contributed by atoms with E-state index in [4.69, 9.17) is 9.73 Å². The van der Waals surface area contributed by atoms with Crippen LogP contribution in [0.15, 0.2) is 102 Å². The van der Waals surface area contributed by atoms with Crippen molar-refractivity contribution in [2.45, 2.75) is 39.5 Å². The smallest absolute Gasteiger partial charge is 0.216 e. The Morgan fingerprint density at radius 1 is 0.763 bits per heavy atom. The van der Waals surface area contributed by atoms with Crippen LogP contribution in [-0.2, 0) is 24.4 Å². The summed E-state index contributed by atoms with van der Waals surface area (Å²) in [6.07, 6.45) is 0. The Hall–Kier alpha value is -3.95. The van der Waals surface area contributed by atoms with E-state index in [0.29, 0.717) is 12.5 Å². The Morgan fingerprint density at radius 3 is 2.00 bits per heavy atom. The molecule has 0 saturated heterocycles. The van der Waals surface area contributed by atoms with E-state index >= 15 is 0 Å². The Labute approximate surface area is 224 Å². The average Bonchev–Trinajstić information content (AvgIpc) is 3.38. The minimum absolute atomic E-state index is 0.247. The Morgan fingerprint density at radius 2 is 1.39 bits per heavy atom. The fourth-order valence-corrected chi connectivity index (χ4v) is 6.09. The van der Waals surface area contributed by atoms with Crippen molar-refractivity contribution < 1.29 is 4.74 Å². The van der Waals surface area contributed by atoms with Crippen LogP contribution in [0.5, 0.6) is 0 Å². The molecule has 0 radical (unpaired) electrons. The minimum atomic E-state index is 0.247. The first kappa shape index (κ1) is 23.2. The maximum atomic E-state index is 5.99. The van der Waals surface area contributed by atoms with Gasteiger partial charge in [-0.15, -0.1) is 0 Å². The lowest BCUT2D eigenvalue weighted by molar-refractivity contribution is 0.250. The van der Waals surface area contributed by atoms with E-state index in [1.54, 1.807) is 0 Å². The molecule has 5 aromatic rings. The third-order valence-electron chi connectivity index (χ3n) is 8.09. The summed E-state index contributed by atoms with van der Waals surface area (Å²) in [4.78, 5) is 7.43. The largest absolute Gasteiger partial charge is 0.475 e. The molecule has 2 aliphatic heterocycles. The van der Waals surface area contributed by atoms with E-state index in [1.807, 2.05) is 0 Å². The van der Waals surface area contributed by atoms with E-state index in [2.05, 4.69) is 116 Å². The summed E-state index contributed by atoms with van der Waals surface area (Å²) in [6, 6.07) is 35.9. The Balaban J connectivity index is 1.30. The molecule has 0 N–H and O–H groups in total. The molecule has 0 unspecified atom stereocenters. The number of fused-ring (bicyclic) bond motifs is 7. The third-order valence-corrected chi connectivity index (χ3v) is 8.09. The number of hydrogen-bond donors (Lipinski definition) is 0. The van der Waals surface area contributed by atoms with Crippen LogP contribution in [0.3, 0.4) is 0 Å². The zero-order valence-electron chi connectivity index (χ0n) is 22.0. The van der Waals surface area contributed by atoms with Crippen LogP contribution >= 0.6 is 0 Å². The summed E-state index contributed by atoms with van der Waals surface area (Å²) in [5.41, 5.74) is 7.92. The first-order chi connectivity index (χ1) is 18.6. The number of benzene rings is 5. The SMILES string of the molecule is CC(C)[C@H]1COC(c2cccc(CN3Cc4ccc5ccccc5c4-c4c(ccc5ccccc45)C3)c2)=N1. The quantitative estimate of drug-likeness (QED) is 0.252. The number of aliphatic imine (C=N–C) groups is 1. The van der Waals surface area contributed by atoms with Gasteiger partial charge < -0.3 is 4.74 Å². The van der Waals surface area contributed by atoms with Gasteiger partial charge in [-0.1, -0.05) is 98.8 Å². The normalized spacial score (nSPS) is 17.2. The van der Waals surface area contributed by atoms with Gasteiger partial charge in [0.05, 0.1) is 6.04 Å². The number of nitrogens with zero attached hydrogens (tertiary/aromatic N) is 2. The van der Waals surface area contributed by atoms with Gasteiger partial charge in [0.2, 0.25) is 5.90 Å². The van der Waals surface area contributed by atoms with Gasteiger partial charge in [-0.25, -0.2) is 4.99 Å². The van der Waals surface area contributed by atoms with Crippen LogP contribution < -0.4 is 0 Å². The first-order valence-electron chi connectivity index (χ1n) is 13.7. The molecular weight excluding hydrogens is 464 g/mol. The highest BCUT2D eigenvalue weighted by Crippen LogP contribution is 2.42. The van der Waals surface area contributed by atoms with Crippen LogP contribution in [0, 0.1) is 5.92 Å². The fourth-order valence-electron chi connectivity index (χ4n) is 6.09. The average molecular weight is 497 g/mol. The van der Waals surface area contributed by atoms with Crippen LogP contribution in [0.1, 0.15) is 36.1 Å². The lowest BCUT2D eigenvalue weighted by Gasteiger charge is -2.21. The standard InChI is InChI=1S/C35H32N2O/c1-23(2)32-22-38-35(36-32)27-11-7-8-24(18-27)19-37-20-28-16-14-25-9-3-5-12-30(25)33(28)34-29(21-37)17-15-26-10-4-6-13-31(26)34/h3-18,23,32H,19-22H2,1-2H3/t32-/m1/s1. The van der Waals surface area contributed by atoms with E-state index in [9.17, 15) is 0 Å². The van der Waals surface area contributed by atoms with Gasteiger partial charge in [-0.3, -0.25) is 4.90 Å². The summed E-state index contributed by atoms with van der Waals surface area (Å²) in [6.45, 7) is 7.77. The summed E-state index contributed by atoms with van der Waals surface area (Å²) in [5.74, 6) is 1.27. The van der Waals surface area contributed by atoms with E-state index in [1.165, 1.54) is 49.4 Å². The molecule has 1 atom stereocenters. The molecule has 2 heterocycles.